The highest BCUT2D eigenvalue weighted by Crippen LogP contribution is 2.28. The Balaban J connectivity index is 2.48. The van der Waals surface area contributed by atoms with Crippen molar-refractivity contribution in [2.24, 2.45) is 0 Å². The summed E-state index contributed by atoms with van der Waals surface area (Å²) in [4.78, 5) is 15.0. The minimum Gasteiger partial charge on any atom is -0.480 e. The highest BCUT2D eigenvalue weighted by atomic mass is 35.5. The Hall–Kier alpha value is -1.81. The van der Waals surface area contributed by atoms with Crippen LogP contribution in [0.3, 0.4) is 0 Å². The van der Waals surface area contributed by atoms with Crippen LogP contribution in [0.15, 0.2) is 30.5 Å². The fourth-order valence-corrected chi connectivity index (χ4v) is 1.76. The summed E-state index contributed by atoms with van der Waals surface area (Å²) in [6, 6.07) is 6.42. The van der Waals surface area contributed by atoms with Crippen LogP contribution in [0.2, 0.25) is 5.02 Å². The predicted molar refractivity (Wildman–Crippen MR) is 67.5 cm³/mol. The zero-order valence-electron chi connectivity index (χ0n) is 9.14. The number of benzene rings is 1. The van der Waals surface area contributed by atoms with Crippen molar-refractivity contribution in [1.82, 2.24) is 4.98 Å². The summed E-state index contributed by atoms with van der Waals surface area (Å²) in [6.07, 6.45) is 1.65. The summed E-state index contributed by atoms with van der Waals surface area (Å²) in [5.41, 5.74) is 1.34. The molecule has 2 rings (SSSR count). The number of anilines is 1. The number of nitrogens with one attached hydrogen (secondary N) is 1. The molecule has 1 unspecified atom stereocenters. The summed E-state index contributed by atoms with van der Waals surface area (Å²) in [6.45, 7) is 1.58. The first-order valence-corrected chi connectivity index (χ1v) is 5.50. The molecular weight excluding hydrogens is 240 g/mol. The molecule has 0 saturated carbocycles. The van der Waals surface area contributed by atoms with Gasteiger partial charge >= 0.3 is 5.97 Å². The number of carboxylic acids is 1. The second kappa shape index (κ2) is 4.59. The fraction of sp³-hybridized carbons (Fsp3) is 0.167. The van der Waals surface area contributed by atoms with E-state index in [1.807, 2.05) is 6.07 Å². The van der Waals surface area contributed by atoms with E-state index in [2.05, 4.69) is 10.3 Å². The summed E-state index contributed by atoms with van der Waals surface area (Å²) < 4.78 is 0. The SMILES string of the molecule is CC(Nc1ccc(Cl)c2cccnc12)C(=O)O. The van der Waals surface area contributed by atoms with Gasteiger partial charge in [-0.3, -0.25) is 9.78 Å². The number of nitrogens with zero attached hydrogens (tertiary/aromatic N) is 1. The molecule has 0 spiro atoms. The smallest absolute Gasteiger partial charge is 0.325 e. The van der Waals surface area contributed by atoms with Crippen LogP contribution in [0.1, 0.15) is 6.92 Å². The number of pyridine rings is 1. The van der Waals surface area contributed by atoms with E-state index in [4.69, 9.17) is 16.7 Å². The number of halogens is 1. The molecule has 5 heteroatoms. The maximum Gasteiger partial charge on any atom is 0.325 e. The van der Waals surface area contributed by atoms with Crippen molar-refractivity contribution in [1.29, 1.82) is 0 Å². The van der Waals surface area contributed by atoms with Crippen LogP contribution >= 0.6 is 11.6 Å². The largest absolute Gasteiger partial charge is 0.480 e. The molecule has 0 aliphatic rings. The molecule has 17 heavy (non-hydrogen) atoms. The van der Waals surface area contributed by atoms with Crippen LogP contribution in [0, 0.1) is 0 Å². The van der Waals surface area contributed by atoms with Crippen molar-refractivity contribution in [3.05, 3.63) is 35.5 Å². The number of aliphatic carboxylic acids is 1. The van der Waals surface area contributed by atoms with E-state index < -0.39 is 12.0 Å². The Kier molecular flexibility index (Phi) is 3.15. The van der Waals surface area contributed by atoms with Crippen LogP contribution in [-0.4, -0.2) is 22.1 Å². The maximum atomic E-state index is 10.8. The van der Waals surface area contributed by atoms with Crippen molar-refractivity contribution in [3.63, 3.8) is 0 Å². The molecule has 1 aromatic heterocycles. The van der Waals surface area contributed by atoms with Crippen molar-refractivity contribution in [3.8, 4) is 0 Å². The van der Waals surface area contributed by atoms with E-state index >= 15 is 0 Å². The summed E-state index contributed by atoms with van der Waals surface area (Å²) >= 11 is 6.04. The number of fused-ring (bicyclic) bond motifs is 1. The van der Waals surface area contributed by atoms with Gasteiger partial charge in [0.15, 0.2) is 0 Å². The van der Waals surface area contributed by atoms with Crippen LogP contribution in [0.4, 0.5) is 5.69 Å². The Morgan fingerprint density at radius 2 is 2.24 bits per heavy atom. The molecule has 0 aliphatic carbocycles. The van der Waals surface area contributed by atoms with Crippen LogP contribution in [0.5, 0.6) is 0 Å². The Bertz CT molecular complexity index is 571. The molecular formula is C12H11ClN2O2. The molecule has 0 aliphatic heterocycles. The zero-order valence-corrected chi connectivity index (χ0v) is 9.90. The average Bonchev–Trinajstić information content (AvgIpc) is 2.33. The zero-order chi connectivity index (χ0) is 12.4. The predicted octanol–water partition coefficient (Wildman–Crippen LogP) is 2.77. The lowest BCUT2D eigenvalue weighted by Crippen LogP contribution is -2.25. The molecule has 1 aromatic carbocycles. The first kappa shape index (κ1) is 11.7. The van der Waals surface area contributed by atoms with Gasteiger partial charge in [-0.25, -0.2) is 0 Å². The minimum absolute atomic E-state index is 0.599. The van der Waals surface area contributed by atoms with Crippen LogP contribution in [0.25, 0.3) is 10.9 Å². The number of rotatable bonds is 3. The molecule has 0 radical (unpaired) electrons. The highest BCUT2D eigenvalue weighted by Gasteiger charge is 2.13. The van der Waals surface area contributed by atoms with Gasteiger partial charge in [-0.2, -0.15) is 0 Å². The molecule has 0 amide bonds. The fourth-order valence-electron chi connectivity index (χ4n) is 1.55. The first-order valence-electron chi connectivity index (χ1n) is 5.12. The monoisotopic (exact) mass is 250 g/mol. The average molecular weight is 251 g/mol. The Morgan fingerprint density at radius 1 is 1.47 bits per heavy atom. The molecule has 88 valence electrons. The Morgan fingerprint density at radius 3 is 2.94 bits per heavy atom. The molecule has 1 heterocycles. The van der Waals surface area contributed by atoms with E-state index in [0.717, 1.165) is 5.39 Å². The molecule has 0 bridgehead atoms. The lowest BCUT2D eigenvalue weighted by Gasteiger charge is -2.13. The third-order valence-corrected chi connectivity index (χ3v) is 2.79. The van der Waals surface area contributed by atoms with Crippen LogP contribution < -0.4 is 5.32 Å². The van der Waals surface area contributed by atoms with Gasteiger partial charge in [0.25, 0.3) is 0 Å². The standard InChI is InChI=1S/C12H11ClN2O2/c1-7(12(16)17)15-10-5-4-9(13)8-3-2-6-14-11(8)10/h2-7,15H,1H3,(H,16,17). The quantitative estimate of drug-likeness (QED) is 0.879. The summed E-state index contributed by atoms with van der Waals surface area (Å²) in [5, 5.41) is 13.2. The van der Waals surface area contributed by atoms with Gasteiger partial charge in [0.1, 0.15) is 6.04 Å². The summed E-state index contributed by atoms with van der Waals surface area (Å²) in [5.74, 6) is -0.913. The van der Waals surface area contributed by atoms with Gasteiger partial charge in [-0.05, 0) is 31.2 Å². The molecule has 4 nitrogen and oxygen atoms in total. The summed E-state index contributed by atoms with van der Waals surface area (Å²) in [7, 11) is 0. The van der Waals surface area contributed by atoms with Crippen molar-refractivity contribution in [2.75, 3.05) is 5.32 Å². The van der Waals surface area contributed by atoms with Gasteiger partial charge in [0.05, 0.1) is 16.2 Å². The number of carboxylic acid groups (broad SMARTS) is 1. The van der Waals surface area contributed by atoms with Crippen molar-refractivity contribution in [2.45, 2.75) is 13.0 Å². The second-order valence-corrected chi connectivity index (χ2v) is 4.11. The molecule has 1 atom stereocenters. The van der Waals surface area contributed by atoms with E-state index in [9.17, 15) is 4.79 Å². The second-order valence-electron chi connectivity index (χ2n) is 3.70. The van der Waals surface area contributed by atoms with Gasteiger partial charge in [-0.15, -0.1) is 0 Å². The number of aromatic nitrogens is 1. The molecule has 0 fully saturated rings. The lowest BCUT2D eigenvalue weighted by molar-refractivity contribution is -0.137. The third-order valence-electron chi connectivity index (χ3n) is 2.46. The highest BCUT2D eigenvalue weighted by molar-refractivity contribution is 6.35. The van der Waals surface area contributed by atoms with Crippen molar-refractivity contribution < 1.29 is 9.90 Å². The molecule has 2 N–H and O–H groups in total. The minimum atomic E-state index is -0.913. The number of hydrogen-bond donors (Lipinski definition) is 2. The third kappa shape index (κ3) is 2.31. The lowest BCUT2D eigenvalue weighted by atomic mass is 10.1. The van der Waals surface area contributed by atoms with Gasteiger partial charge in [-0.1, -0.05) is 11.6 Å². The number of hydrogen-bond acceptors (Lipinski definition) is 3. The van der Waals surface area contributed by atoms with Crippen LogP contribution in [-0.2, 0) is 4.79 Å². The van der Waals surface area contributed by atoms with E-state index in [0.29, 0.717) is 16.2 Å². The molecule has 2 aromatic rings. The Labute approximate surface area is 103 Å². The van der Waals surface area contributed by atoms with E-state index in [1.165, 1.54) is 0 Å². The number of carbonyl (C=O) groups is 1. The van der Waals surface area contributed by atoms with Gasteiger partial charge in [0, 0.05) is 11.6 Å². The van der Waals surface area contributed by atoms with E-state index in [-0.39, 0.29) is 0 Å². The van der Waals surface area contributed by atoms with Gasteiger partial charge < -0.3 is 10.4 Å². The van der Waals surface area contributed by atoms with Crippen molar-refractivity contribution >= 4 is 34.2 Å². The first-order chi connectivity index (χ1) is 8.09. The molecule has 0 saturated heterocycles. The van der Waals surface area contributed by atoms with E-state index in [1.54, 1.807) is 31.3 Å². The maximum absolute atomic E-state index is 10.8. The topological polar surface area (TPSA) is 62.2 Å². The van der Waals surface area contributed by atoms with Gasteiger partial charge in [0.2, 0.25) is 0 Å². The normalized spacial score (nSPS) is 12.4.